The summed E-state index contributed by atoms with van der Waals surface area (Å²) in [7, 11) is 0. The van der Waals surface area contributed by atoms with Gasteiger partial charge in [0.05, 0.1) is 0 Å². The van der Waals surface area contributed by atoms with Crippen molar-refractivity contribution in [2.24, 2.45) is 0 Å². The van der Waals surface area contributed by atoms with Gasteiger partial charge in [-0.2, -0.15) is 0 Å². The van der Waals surface area contributed by atoms with E-state index in [0.717, 1.165) is 0 Å². The molecule has 0 N–H and O–H groups in total. The molecule has 0 unspecified atom stereocenters. The second-order valence-electron chi connectivity index (χ2n) is 15.2. The van der Waals surface area contributed by atoms with E-state index < -0.39 is 0 Å². The first-order valence-corrected chi connectivity index (χ1v) is 20.0. The number of rotatable bonds is 5. The molecule has 0 aliphatic carbocycles. The van der Waals surface area contributed by atoms with Crippen molar-refractivity contribution in [1.29, 1.82) is 0 Å². The third-order valence-corrected chi connectivity index (χ3v) is 10.7. The molecule has 0 radical (unpaired) electrons. The Balaban J connectivity index is 0. The second kappa shape index (κ2) is 25.5. The first kappa shape index (κ1) is 54.4. The van der Waals surface area contributed by atoms with Crippen LogP contribution in [0, 0.1) is 55.4 Å². The summed E-state index contributed by atoms with van der Waals surface area (Å²) in [6.45, 7) is 34.7. The smallest absolute Gasteiger partial charge is 0.0146 e. The fourth-order valence-electron chi connectivity index (χ4n) is 6.33. The summed E-state index contributed by atoms with van der Waals surface area (Å²) in [5.74, 6) is 0. The molecular weight excluding hydrogens is 685 g/mol. The number of benzene rings is 6. The van der Waals surface area contributed by atoms with Crippen molar-refractivity contribution >= 4 is 0 Å². The van der Waals surface area contributed by atoms with Gasteiger partial charge < -0.3 is 0 Å². The summed E-state index contributed by atoms with van der Waals surface area (Å²) in [5.41, 5.74) is 19.2. The molecule has 0 heteroatoms. The van der Waals surface area contributed by atoms with Crippen molar-refractivity contribution < 1.29 is 0 Å². The third kappa shape index (κ3) is 15.0. The molecule has 0 aliphatic rings. The normalized spacial score (nSPS) is 10.0. The minimum Gasteiger partial charge on any atom is -0.0776 e. The largest absolute Gasteiger partial charge is 0.0776 e. The first-order valence-electron chi connectivity index (χ1n) is 20.0. The lowest BCUT2D eigenvalue weighted by Crippen LogP contribution is -2.20. The summed E-state index contributed by atoms with van der Waals surface area (Å²) in [6.07, 6.45) is 0. The van der Waals surface area contributed by atoms with E-state index in [1.54, 1.807) is 0 Å². The van der Waals surface area contributed by atoms with Gasteiger partial charge in [-0.05, 0) is 122 Å². The average molecular weight is 767 g/mol. The molecule has 0 fully saturated rings. The van der Waals surface area contributed by atoms with E-state index in [2.05, 4.69) is 217 Å². The molecule has 0 aromatic heterocycles. The van der Waals surface area contributed by atoms with Crippen LogP contribution in [0.1, 0.15) is 144 Å². The Labute approximate surface area is 353 Å². The third-order valence-electron chi connectivity index (χ3n) is 10.7. The van der Waals surface area contributed by atoms with Crippen LogP contribution in [0.25, 0.3) is 11.1 Å². The molecule has 6 rings (SSSR count). The maximum Gasteiger partial charge on any atom is 0.0146 e. The lowest BCUT2D eigenvalue weighted by molar-refractivity contribution is 0.637. The maximum atomic E-state index is 2.35. The van der Waals surface area contributed by atoms with Crippen LogP contribution in [-0.4, -0.2) is 0 Å². The van der Waals surface area contributed by atoms with E-state index in [0.29, 0.717) is 0 Å². The Kier molecular flexibility index (Phi) is 24.4. The number of hydrogen-bond donors (Lipinski definition) is 0. The molecule has 0 amide bonds. The van der Waals surface area contributed by atoms with Gasteiger partial charge in [0.25, 0.3) is 0 Å². The lowest BCUT2D eigenvalue weighted by atomic mass is 9.75. The predicted molar refractivity (Wildman–Crippen MR) is 263 cm³/mol. The molecule has 57 heavy (non-hydrogen) atoms. The van der Waals surface area contributed by atoms with Crippen molar-refractivity contribution in [3.05, 3.63) is 200 Å². The number of hydrogen-bond acceptors (Lipinski definition) is 0. The van der Waals surface area contributed by atoms with Crippen molar-refractivity contribution in [3.8, 4) is 11.1 Å². The lowest BCUT2D eigenvalue weighted by Gasteiger charge is -2.29. The average Bonchev–Trinajstić information content (AvgIpc) is 3.19. The van der Waals surface area contributed by atoms with Crippen molar-refractivity contribution in [1.82, 2.24) is 0 Å². The second-order valence-corrected chi connectivity index (χ2v) is 15.2. The molecule has 0 saturated heterocycles. The predicted octanol–water partition coefficient (Wildman–Crippen LogP) is 17.8. The topological polar surface area (TPSA) is 0 Å². The van der Waals surface area contributed by atoms with Crippen LogP contribution in [0.5, 0.6) is 0 Å². The minimum atomic E-state index is 0. The summed E-state index contributed by atoms with van der Waals surface area (Å²) in [6, 6.07) is 47.9. The van der Waals surface area contributed by atoms with E-state index in [1.807, 2.05) is 27.7 Å². The molecule has 0 saturated carbocycles. The van der Waals surface area contributed by atoms with Crippen molar-refractivity contribution in [2.45, 2.75) is 144 Å². The standard InChI is InChI=1S/C21H28.C15H16.C14H14.2C2H6.3CH4/c1-13-9-19(10-14(2)17(13)5)21(7,8)20-11-15(3)18(6)16(4)12-20;1-15(2,13-9-5-3-6-10-13)14-11-7-4-8-12-14;1-11-3-7-13(8-4-11)14-9-5-12(2)6-10-14;2*1-2;;;/h9-12H,1-8H3;3-12H,1-2H3;3-10H,1-2H3;2*1-2H3;3*1H4. The van der Waals surface area contributed by atoms with Gasteiger partial charge >= 0.3 is 0 Å². The molecule has 6 aromatic carbocycles. The Morgan fingerprint density at radius 1 is 0.298 bits per heavy atom. The number of aryl methyl sites for hydroxylation is 6. The van der Waals surface area contributed by atoms with Gasteiger partial charge in [-0.1, -0.05) is 222 Å². The Hall–Kier alpha value is -4.68. The Morgan fingerprint density at radius 3 is 0.772 bits per heavy atom. The van der Waals surface area contributed by atoms with Gasteiger partial charge in [-0.15, -0.1) is 0 Å². The molecule has 0 nitrogen and oxygen atoms in total. The zero-order valence-corrected chi connectivity index (χ0v) is 36.7. The molecule has 0 bridgehead atoms. The van der Waals surface area contributed by atoms with Crippen LogP contribution in [0.3, 0.4) is 0 Å². The molecular formula is C57H82. The van der Waals surface area contributed by atoms with Gasteiger partial charge in [0, 0.05) is 10.8 Å². The van der Waals surface area contributed by atoms with Gasteiger partial charge in [0.15, 0.2) is 0 Å². The van der Waals surface area contributed by atoms with Crippen molar-refractivity contribution in [2.75, 3.05) is 0 Å². The highest BCUT2D eigenvalue weighted by molar-refractivity contribution is 5.63. The van der Waals surface area contributed by atoms with E-state index in [1.165, 1.54) is 77.9 Å². The highest BCUT2D eigenvalue weighted by Crippen LogP contribution is 2.35. The summed E-state index contributed by atoms with van der Waals surface area (Å²) in [5, 5.41) is 0. The summed E-state index contributed by atoms with van der Waals surface area (Å²) >= 11 is 0. The Bertz CT molecular complexity index is 1780. The van der Waals surface area contributed by atoms with Crippen LogP contribution in [0.4, 0.5) is 0 Å². The highest BCUT2D eigenvalue weighted by atomic mass is 14.3. The van der Waals surface area contributed by atoms with Crippen LogP contribution >= 0.6 is 0 Å². The Morgan fingerprint density at radius 2 is 0.526 bits per heavy atom. The minimum absolute atomic E-state index is 0. The van der Waals surface area contributed by atoms with Crippen LogP contribution < -0.4 is 0 Å². The van der Waals surface area contributed by atoms with Gasteiger partial charge in [0.1, 0.15) is 0 Å². The summed E-state index contributed by atoms with van der Waals surface area (Å²) in [4.78, 5) is 0. The molecule has 0 heterocycles. The van der Waals surface area contributed by atoms with Gasteiger partial charge in [-0.25, -0.2) is 0 Å². The fraction of sp³-hybridized carbons (Fsp3) is 0.368. The molecule has 6 aromatic rings. The zero-order chi connectivity index (χ0) is 40.6. The van der Waals surface area contributed by atoms with E-state index in [4.69, 9.17) is 0 Å². The van der Waals surface area contributed by atoms with E-state index >= 15 is 0 Å². The molecule has 0 spiro atoms. The molecule has 310 valence electrons. The van der Waals surface area contributed by atoms with Crippen LogP contribution in [0.15, 0.2) is 133 Å². The quantitative estimate of drug-likeness (QED) is 0.164. The van der Waals surface area contributed by atoms with E-state index in [-0.39, 0.29) is 33.1 Å². The highest BCUT2D eigenvalue weighted by Gasteiger charge is 2.25. The SMILES string of the molecule is C.C.C.CC.CC.CC(C)(c1ccccc1)c1ccccc1.Cc1cc(C(C)(C)c2cc(C)c(C)c(C)c2)cc(C)c1C.Cc1ccc(-c2ccc(C)cc2)cc1. The zero-order valence-electron chi connectivity index (χ0n) is 36.7. The monoisotopic (exact) mass is 767 g/mol. The molecule has 0 atom stereocenters. The first-order chi connectivity index (χ1) is 25.6. The van der Waals surface area contributed by atoms with E-state index in [9.17, 15) is 0 Å². The van der Waals surface area contributed by atoms with Gasteiger partial charge in [0.2, 0.25) is 0 Å². The maximum absolute atomic E-state index is 2.35. The summed E-state index contributed by atoms with van der Waals surface area (Å²) < 4.78 is 0. The van der Waals surface area contributed by atoms with Gasteiger partial charge in [-0.3, -0.25) is 0 Å². The van der Waals surface area contributed by atoms with Crippen LogP contribution in [-0.2, 0) is 10.8 Å². The van der Waals surface area contributed by atoms with Crippen molar-refractivity contribution in [3.63, 3.8) is 0 Å². The molecule has 0 aliphatic heterocycles. The fourth-order valence-corrected chi connectivity index (χ4v) is 6.33. The van der Waals surface area contributed by atoms with Crippen LogP contribution in [0.2, 0.25) is 0 Å².